The summed E-state index contributed by atoms with van der Waals surface area (Å²) in [5.74, 6) is 8.63. The van der Waals surface area contributed by atoms with E-state index in [1.165, 1.54) is 125 Å². The van der Waals surface area contributed by atoms with Gasteiger partial charge >= 0.3 is 23.9 Å². The number of fused-ring (bicyclic) bond motifs is 34. The van der Waals surface area contributed by atoms with Crippen LogP contribution in [0.3, 0.4) is 0 Å². The number of ether oxygens (including phenoxy) is 4. The minimum absolute atomic E-state index is 0.000124. The van der Waals surface area contributed by atoms with E-state index in [9.17, 15) is 38.4 Å². The molecule has 12 nitrogen and oxygen atoms in total. The molecule has 0 aromatic heterocycles. The fourth-order valence-electron chi connectivity index (χ4n) is 34.2. The topological polar surface area (TPSA) is 173 Å². The monoisotopic (exact) mass is 1480 g/mol. The van der Waals surface area contributed by atoms with Crippen molar-refractivity contribution >= 4 is 47.0 Å². The van der Waals surface area contributed by atoms with Crippen LogP contribution in [0.15, 0.2) is 117 Å². The van der Waals surface area contributed by atoms with Crippen molar-refractivity contribution in [1.29, 1.82) is 0 Å². The lowest BCUT2D eigenvalue weighted by molar-refractivity contribution is -0.166. The molecule has 14 saturated carbocycles. The zero-order chi connectivity index (χ0) is 75.5. The Bertz CT molecular complexity index is 4680. The fourth-order valence-corrected chi connectivity index (χ4v) is 34.2. The first-order valence-corrected chi connectivity index (χ1v) is 44.4. The zero-order valence-electron chi connectivity index (χ0n) is 66.8. The maximum absolute atomic E-state index is 12.3. The first-order chi connectivity index (χ1) is 52.3. The van der Waals surface area contributed by atoms with Crippen molar-refractivity contribution in [3.05, 3.63) is 117 Å². The molecule has 8 spiro atoms. The van der Waals surface area contributed by atoms with Gasteiger partial charge in [-0.05, 0) is 322 Å². The van der Waals surface area contributed by atoms with Crippen molar-refractivity contribution in [2.24, 2.45) is 136 Å². The highest BCUT2D eigenvalue weighted by atomic mass is 16.6. The molecule has 0 radical (unpaired) electrons. The molecule has 110 heavy (non-hydrogen) atoms. The van der Waals surface area contributed by atoms with E-state index in [0.29, 0.717) is 120 Å². The molecule has 0 aromatic carbocycles. The van der Waals surface area contributed by atoms with Crippen LogP contribution in [0.2, 0.25) is 0 Å². The Kier molecular flexibility index (Phi) is 13.5. The molecule has 4 saturated heterocycles. The third kappa shape index (κ3) is 8.49. The van der Waals surface area contributed by atoms with Crippen molar-refractivity contribution in [1.82, 2.24) is 0 Å². The van der Waals surface area contributed by atoms with Crippen molar-refractivity contribution in [2.45, 2.75) is 296 Å². The molecule has 580 valence electrons. The molecule has 0 amide bonds. The van der Waals surface area contributed by atoms with Gasteiger partial charge in [0.2, 0.25) is 0 Å². The summed E-state index contributed by atoms with van der Waals surface area (Å²) in [5.41, 5.74) is 12.8. The lowest BCUT2D eigenvalue weighted by atomic mass is 9.47. The second-order valence-corrected chi connectivity index (χ2v) is 44.2. The summed E-state index contributed by atoms with van der Waals surface area (Å²) in [7, 11) is 0. The predicted octanol–water partition coefficient (Wildman–Crippen LogP) is 18.9. The standard InChI is InChI=1S/C25H30O3.C25H28O3.C24H30O3.C24H28O3/c2*1-22-6-3-14(26)11-19(22)24(9-10-24)13-16-17(22)4-7-23(2)21(16)15-12-18(15)25(23)8-5-20(27)28-25;2*1-21-7-3-15(25)13-19(21)23(11-12-23)14-16-17(21)4-8-22(2)18(16)5-9-24(22)10-6-20(26)27-24/h4,11,15-16,18,21H,3,5-10,12-13H2,1-2H3;3-4,6,11,15-16,18,21H,5,7-10,12-13H2,1-2H3;4,13,16,18H,3,5-12,14H2,1-2H3;3-4,7,13,16,18H,5-6,8-12,14H2,1-2H3/t2*15-,16?,18?,21?,22-,23+,25+;2*16?,18?,21-,22+,24-/m1111/s1. The lowest BCUT2D eigenvalue weighted by Gasteiger charge is -2.58. The summed E-state index contributed by atoms with van der Waals surface area (Å²) in [6.45, 7) is 19.2. The van der Waals surface area contributed by atoms with Gasteiger partial charge in [-0.3, -0.25) is 38.4 Å². The average Bonchev–Trinajstić information content (AvgIpc) is 1.48. The van der Waals surface area contributed by atoms with Crippen LogP contribution >= 0.6 is 0 Å². The van der Waals surface area contributed by atoms with Gasteiger partial charge in [0.1, 0.15) is 22.4 Å². The Balaban J connectivity index is 0.0000000880. The maximum Gasteiger partial charge on any atom is 0.306 e. The normalized spacial score (nSPS) is 51.6. The summed E-state index contributed by atoms with van der Waals surface area (Å²) >= 11 is 0. The highest BCUT2D eigenvalue weighted by molar-refractivity contribution is 6.02. The van der Waals surface area contributed by atoms with Gasteiger partial charge in [0.05, 0.1) is 0 Å². The molecular formula is C98H116O12. The van der Waals surface area contributed by atoms with Crippen LogP contribution in [-0.2, 0) is 57.3 Å². The minimum atomic E-state index is -0.233. The van der Waals surface area contributed by atoms with Crippen molar-refractivity contribution < 1.29 is 57.3 Å². The van der Waals surface area contributed by atoms with Crippen molar-refractivity contribution in [3.8, 4) is 0 Å². The fraction of sp³-hybridized carbons (Fsp3) is 0.714. The van der Waals surface area contributed by atoms with Crippen LogP contribution in [0.5, 0.6) is 0 Å². The Morgan fingerprint density at radius 1 is 0.327 bits per heavy atom. The molecule has 26 rings (SSSR count). The van der Waals surface area contributed by atoms with E-state index >= 15 is 0 Å². The van der Waals surface area contributed by atoms with Crippen LogP contribution < -0.4 is 0 Å². The number of esters is 4. The number of hydrogen-bond acceptors (Lipinski definition) is 12. The molecule has 26 aliphatic rings. The van der Waals surface area contributed by atoms with E-state index in [0.717, 1.165) is 88.9 Å². The molecule has 0 bridgehead atoms. The van der Waals surface area contributed by atoms with Crippen LogP contribution in [0.4, 0.5) is 0 Å². The van der Waals surface area contributed by atoms with Crippen LogP contribution in [0.25, 0.3) is 0 Å². The second kappa shape index (κ2) is 21.3. The van der Waals surface area contributed by atoms with Crippen LogP contribution in [0, 0.1) is 136 Å². The molecule has 22 aliphatic carbocycles. The van der Waals surface area contributed by atoms with Crippen molar-refractivity contribution in [2.75, 3.05) is 0 Å². The van der Waals surface area contributed by atoms with Gasteiger partial charge in [0, 0.05) is 93.7 Å². The smallest absolute Gasteiger partial charge is 0.306 e. The third-order valence-electron chi connectivity index (χ3n) is 40.2. The first kappa shape index (κ1) is 69.5. The molecule has 0 aromatic rings. The summed E-state index contributed by atoms with van der Waals surface area (Å²) in [4.78, 5) is 97.2. The molecular weight excluding hydrogens is 1370 g/mol. The van der Waals surface area contributed by atoms with Gasteiger partial charge in [-0.25, -0.2) is 0 Å². The third-order valence-corrected chi connectivity index (χ3v) is 40.2. The number of carbonyl (C=O) groups is 8. The van der Waals surface area contributed by atoms with Gasteiger partial charge in [0.15, 0.2) is 23.1 Å². The molecule has 12 heteroatoms. The summed E-state index contributed by atoms with van der Waals surface area (Å²) in [5, 5.41) is 0. The van der Waals surface area contributed by atoms with E-state index in [1.807, 2.05) is 18.2 Å². The Labute approximate surface area is 650 Å². The SMILES string of the molecule is C[C@]12C=CC(=O)C=C1C1(CC1)CC1C2=CC[C@@]2(C)C1CC[C@@]21CCC(=O)O1.C[C@]12C=CC(=O)C=C1C1(CC1)CC1C2=CC[C@@]2(C)C1[C@@H]1CC1[C@@]21CCC(=O)O1.C[C@]12CCC(=O)C=C1C1(CC1)CC1C2=CC[C@@]2(C)C1CC[C@@]21CCC(=O)O1.C[C@]12CCC(=O)C=C1C1(CC1)CC1C2=CC[C@@]2(C)C1[C@@H]1CC1[C@@]21CCC(=O)O1. The second-order valence-electron chi connectivity index (χ2n) is 44.2. The Morgan fingerprint density at radius 3 is 1.06 bits per heavy atom. The first-order valence-electron chi connectivity index (χ1n) is 44.4. The van der Waals surface area contributed by atoms with E-state index < -0.39 is 0 Å². The molecule has 0 N–H and O–H groups in total. The molecule has 24 atom stereocenters. The van der Waals surface area contributed by atoms with E-state index in [1.54, 1.807) is 34.4 Å². The van der Waals surface area contributed by atoms with Gasteiger partial charge in [-0.1, -0.05) is 111 Å². The molecule has 18 fully saturated rings. The molecule has 10 unspecified atom stereocenters. The molecule has 4 heterocycles. The highest BCUT2D eigenvalue weighted by Gasteiger charge is 2.82. The summed E-state index contributed by atoms with van der Waals surface area (Å²) in [6, 6.07) is 0. The average molecular weight is 1490 g/mol. The lowest BCUT2D eigenvalue weighted by Crippen LogP contribution is -2.54. The zero-order valence-corrected chi connectivity index (χ0v) is 66.8. The number of rotatable bonds is 0. The Hall–Kier alpha value is -6.04. The predicted molar refractivity (Wildman–Crippen MR) is 412 cm³/mol. The number of allylic oxidation sites excluding steroid dienone is 20. The van der Waals surface area contributed by atoms with Gasteiger partial charge < -0.3 is 18.9 Å². The van der Waals surface area contributed by atoms with Crippen molar-refractivity contribution in [3.63, 3.8) is 0 Å². The van der Waals surface area contributed by atoms with Gasteiger partial charge in [-0.15, -0.1) is 0 Å². The minimum Gasteiger partial charge on any atom is -0.458 e. The number of carbonyl (C=O) groups excluding carboxylic acids is 8. The maximum atomic E-state index is 12.3. The Morgan fingerprint density at radius 2 is 0.673 bits per heavy atom. The highest BCUT2D eigenvalue weighted by Crippen LogP contribution is 2.85. The van der Waals surface area contributed by atoms with Gasteiger partial charge in [-0.2, -0.15) is 0 Å². The van der Waals surface area contributed by atoms with Crippen LogP contribution in [-0.4, -0.2) is 69.4 Å². The van der Waals surface area contributed by atoms with Crippen LogP contribution in [0.1, 0.15) is 274 Å². The number of hydrogen-bond donors (Lipinski definition) is 0. The molecule has 4 aliphatic heterocycles. The van der Waals surface area contributed by atoms with Gasteiger partial charge in [0.25, 0.3) is 0 Å². The van der Waals surface area contributed by atoms with E-state index in [4.69, 9.17) is 18.9 Å². The summed E-state index contributed by atoms with van der Waals surface area (Å²) in [6.07, 6.45) is 61.4. The largest absolute Gasteiger partial charge is 0.458 e. The van der Waals surface area contributed by atoms with E-state index in [-0.39, 0.29) is 112 Å². The summed E-state index contributed by atoms with van der Waals surface area (Å²) < 4.78 is 24.5. The number of ketones is 4. The quantitative estimate of drug-likeness (QED) is 0.128. The van der Waals surface area contributed by atoms with E-state index in [2.05, 4.69) is 97.9 Å².